The van der Waals surface area contributed by atoms with Crippen molar-refractivity contribution < 1.29 is 25.2 Å². The molecule has 1 fully saturated rings. The van der Waals surface area contributed by atoms with Crippen molar-refractivity contribution in [2.45, 2.75) is 30.7 Å². The third-order valence-corrected chi connectivity index (χ3v) is 2.01. The third-order valence-electron chi connectivity index (χ3n) is 2.01. The molecule has 0 radical (unpaired) electrons. The largest absolute Gasteiger partial charge is 0.388 e. The predicted molar refractivity (Wildman–Crippen MR) is 42.9 cm³/mol. The van der Waals surface area contributed by atoms with Gasteiger partial charge < -0.3 is 25.2 Å². The Bertz CT molecular complexity index is 244. The standard InChI is InChI=1S/C6H11N3O5/c7-9-8-1-2-3(10)4(11)5(12)6(13)14-2/h2-6,10-13H,1H2/t2?,3-,4+,5?,6?/m0/s1. The highest BCUT2D eigenvalue weighted by Crippen LogP contribution is 2.19. The molecule has 1 aliphatic rings. The maximum absolute atomic E-state index is 9.32. The molecule has 0 aromatic carbocycles. The van der Waals surface area contributed by atoms with Crippen LogP contribution in [0, 0.1) is 0 Å². The maximum Gasteiger partial charge on any atom is 0.183 e. The molecule has 0 aromatic heterocycles. The van der Waals surface area contributed by atoms with Gasteiger partial charge in [-0.25, -0.2) is 0 Å². The van der Waals surface area contributed by atoms with Crippen LogP contribution >= 0.6 is 0 Å². The van der Waals surface area contributed by atoms with Gasteiger partial charge in [0.15, 0.2) is 6.29 Å². The minimum Gasteiger partial charge on any atom is -0.388 e. The number of ether oxygens (including phenoxy) is 1. The molecule has 4 N–H and O–H groups in total. The summed E-state index contributed by atoms with van der Waals surface area (Å²) in [4.78, 5) is 2.44. The van der Waals surface area contributed by atoms with E-state index >= 15 is 0 Å². The summed E-state index contributed by atoms with van der Waals surface area (Å²) >= 11 is 0. The maximum atomic E-state index is 9.32. The van der Waals surface area contributed by atoms with E-state index < -0.39 is 30.7 Å². The first kappa shape index (κ1) is 11.2. The fourth-order valence-corrected chi connectivity index (χ4v) is 1.20. The van der Waals surface area contributed by atoms with Gasteiger partial charge in [0.1, 0.15) is 18.3 Å². The number of azide groups is 1. The van der Waals surface area contributed by atoms with Gasteiger partial charge in [0.2, 0.25) is 0 Å². The molecule has 5 atom stereocenters. The first-order chi connectivity index (χ1) is 6.57. The number of hydrogen-bond donors (Lipinski definition) is 4. The molecular formula is C6H11N3O5. The minimum absolute atomic E-state index is 0.224. The van der Waals surface area contributed by atoms with Gasteiger partial charge in [-0.15, -0.1) is 0 Å². The predicted octanol–water partition coefficient (Wildman–Crippen LogP) is -1.90. The summed E-state index contributed by atoms with van der Waals surface area (Å²) in [6.07, 6.45) is -7.07. The lowest BCUT2D eigenvalue weighted by Gasteiger charge is -2.37. The molecular weight excluding hydrogens is 194 g/mol. The Morgan fingerprint density at radius 2 is 1.79 bits per heavy atom. The third kappa shape index (κ3) is 2.13. The zero-order chi connectivity index (χ0) is 10.7. The van der Waals surface area contributed by atoms with Crippen molar-refractivity contribution in [3.05, 3.63) is 10.4 Å². The fourth-order valence-electron chi connectivity index (χ4n) is 1.20. The molecule has 0 saturated carbocycles. The summed E-state index contributed by atoms with van der Waals surface area (Å²) < 4.78 is 4.71. The lowest BCUT2D eigenvalue weighted by molar-refractivity contribution is -0.279. The molecule has 8 heteroatoms. The van der Waals surface area contributed by atoms with Gasteiger partial charge in [0.05, 0.1) is 12.6 Å². The second-order valence-electron chi connectivity index (χ2n) is 2.95. The fraction of sp³-hybridized carbons (Fsp3) is 1.00. The molecule has 3 unspecified atom stereocenters. The van der Waals surface area contributed by atoms with Gasteiger partial charge in [0, 0.05) is 4.91 Å². The Balaban J connectivity index is 2.64. The summed E-state index contributed by atoms with van der Waals surface area (Å²) in [5.41, 5.74) is 8.01. The summed E-state index contributed by atoms with van der Waals surface area (Å²) in [5, 5.41) is 39.8. The number of aliphatic hydroxyl groups excluding tert-OH is 4. The van der Waals surface area contributed by atoms with E-state index in [0.29, 0.717) is 0 Å². The lowest BCUT2D eigenvalue weighted by atomic mass is 9.99. The number of hydrogen-bond acceptors (Lipinski definition) is 6. The van der Waals surface area contributed by atoms with E-state index in [2.05, 4.69) is 10.0 Å². The van der Waals surface area contributed by atoms with Gasteiger partial charge >= 0.3 is 0 Å². The summed E-state index contributed by atoms with van der Waals surface area (Å²) in [6.45, 7) is -0.224. The molecule has 14 heavy (non-hydrogen) atoms. The second kappa shape index (κ2) is 4.56. The number of rotatable bonds is 2. The van der Waals surface area contributed by atoms with E-state index in [1.54, 1.807) is 0 Å². The first-order valence-corrected chi connectivity index (χ1v) is 3.96. The normalized spacial score (nSPS) is 43.0. The van der Waals surface area contributed by atoms with E-state index in [4.69, 9.17) is 20.5 Å². The van der Waals surface area contributed by atoms with Crippen molar-refractivity contribution in [3.8, 4) is 0 Å². The molecule has 80 valence electrons. The summed E-state index contributed by atoms with van der Waals surface area (Å²) in [6, 6.07) is 0. The van der Waals surface area contributed by atoms with E-state index in [1.807, 2.05) is 0 Å². The van der Waals surface area contributed by atoms with E-state index in [9.17, 15) is 10.2 Å². The smallest absolute Gasteiger partial charge is 0.183 e. The van der Waals surface area contributed by atoms with Crippen LogP contribution in [-0.2, 0) is 4.74 Å². The van der Waals surface area contributed by atoms with Crippen LogP contribution in [0.1, 0.15) is 0 Å². The van der Waals surface area contributed by atoms with Crippen LogP contribution in [0.4, 0.5) is 0 Å². The lowest BCUT2D eigenvalue weighted by Crippen LogP contribution is -2.58. The highest BCUT2D eigenvalue weighted by molar-refractivity contribution is 4.89. The molecule has 8 nitrogen and oxygen atoms in total. The highest BCUT2D eigenvalue weighted by Gasteiger charge is 2.42. The zero-order valence-corrected chi connectivity index (χ0v) is 7.13. The Hall–Kier alpha value is -0.890. The average Bonchev–Trinajstić information content (AvgIpc) is 2.18. The van der Waals surface area contributed by atoms with Gasteiger partial charge in [0.25, 0.3) is 0 Å². The Labute approximate surface area is 79.0 Å². The van der Waals surface area contributed by atoms with Crippen LogP contribution < -0.4 is 0 Å². The van der Waals surface area contributed by atoms with Gasteiger partial charge in [-0.1, -0.05) is 5.11 Å². The highest BCUT2D eigenvalue weighted by atomic mass is 16.6. The Morgan fingerprint density at radius 1 is 1.14 bits per heavy atom. The van der Waals surface area contributed by atoms with Crippen molar-refractivity contribution in [2.75, 3.05) is 6.54 Å². The van der Waals surface area contributed by atoms with Crippen LogP contribution in [0.3, 0.4) is 0 Å². The molecule has 1 aliphatic heterocycles. The summed E-state index contributed by atoms with van der Waals surface area (Å²) in [7, 11) is 0. The van der Waals surface area contributed by atoms with Gasteiger partial charge in [-0.3, -0.25) is 0 Å². The quantitative estimate of drug-likeness (QED) is 0.237. The number of aliphatic hydroxyl groups is 4. The van der Waals surface area contributed by atoms with Crippen molar-refractivity contribution >= 4 is 0 Å². The molecule has 0 amide bonds. The van der Waals surface area contributed by atoms with Crippen LogP contribution in [-0.4, -0.2) is 57.7 Å². The molecule has 0 spiro atoms. The molecule has 0 bridgehead atoms. The SMILES string of the molecule is [N-]=[N+]=NCC1OC(O)C(O)[C@H](O)[C@H]1O. The van der Waals surface area contributed by atoms with Crippen LogP contribution in [0.5, 0.6) is 0 Å². The van der Waals surface area contributed by atoms with Crippen LogP contribution in [0.25, 0.3) is 10.4 Å². The van der Waals surface area contributed by atoms with Crippen molar-refractivity contribution in [1.29, 1.82) is 0 Å². The Kier molecular flexibility index (Phi) is 3.64. The van der Waals surface area contributed by atoms with Gasteiger partial charge in [-0.05, 0) is 5.53 Å². The average molecular weight is 205 g/mol. The van der Waals surface area contributed by atoms with Crippen molar-refractivity contribution in [1.82, 2.24) is 0 Å². The molecule has 0 aromatic rings. The van der Waals surface area contributed by atoms with Crippen LogP contribution in [0.15, 0.2) is 5.11 Å². The minimum atomic E-state index is -1.59. The van der Waals surface area contributed by atoms with E-state index in [0.717, 1.165) is 0 Å². The molecule has 0 aliphatic carbocycles. The molecule has 1 saturated heterocycles. The monoisotopic (exact) mass is 205 g/mol. The van der Waals surface area contributed by atoms with Gasteiger partial charge in [-0.2, -0.15) is 0 Å². The Morgan fingerprint density at radius 3 is 2.36 bits per heavy atom. The van der Waals surface area contributed by atoms with Crippen molar-refractivity contribution in [3.63, 3.8) is 0 Å². The van der Waals surface area contributed by atoms with E-state index in [1.165, 1.54) is 0 Å². The van der Waals surface area contributed by atoms with E-state index in [-0.39, 0.29) is 6.54 Å². The molecule has 1 heterocycles. The first-order valence-electron chi connectivity index (χ1n) is 3.96. The summed E-state index contributed by atoms with van der Waals surface area (Å²) in [5.74, 6) is 0. The van der Waals surface area contributed by atoms with Crippen LogP contribution in [0.2, 0.25) is 0 Å². The van der Waals surface area contributed by atoms with Crippen molar-refractivity contribution in [2.24, 2.45) is 5.11 Å². The zero-order valence-electron chi connectivity index (χ0n) is 7.13. The molecule has 1 rings (SSSR count). The topological polar surface area (TPSA) is 139 Å². The number of nitrogens with zero attached hydrogens (tertiary/aromatic N) is 3. The second-order valence-corrected chi connectivity index (χ2v) is 2.95.